The molecule has 2 heterocycles. The summed E-state index contributed by atoms with van der Waals surface area (Å²) in [6.07, 6.45) is 0.366. The number of thiophene rings is 1. The zero-order valence-corrected chi connectivity index (χ0v) is 11.7. The third kappa shape index (κ3) is 4.33. The highest BCUT2D eigenvalue weighted by molar-refractivity contribution is 7.10. The number of hydrogen-bond acceptors (Lipinski definition) is 5. The molecule has 0 saturated heterocycles. The van der Waals surface area contributed by atoms with Crippen molar-refractivity contribution < 1.29 is 4.79 Å². The molecule has 2 N–H and O–H groups in total. The van der Waals surface area contributed by atoms with Crippen molar-refractivity contribution in [1.29, 1.82) is 0 Å². The molecule has 0 unspecified atom stereocenters. The van der Waals surface area contributed by atoms with Gasteiger partial charge in [0.1, 0.15) is 5.82 Å². The van der Waals surface area contributed by atoms with Crippen molar-refractivity contribution in [3.8, 4) is 0 Å². The number of nitrogens with zero attached hydrogens (tertiary/aromatic N) is 2. The van der Waals surface area contributed by atoms with Gasteiger partial charge in [0, 0.05) is 10.9 Å². The lowest BCUT2D eigenvalue weighted by atomic mass is 10.3. The summed E-state index contributed by atoms with van der Waals surface area (Å²) in [5.41, 5.74) is 0. The van der Waals surface area contributed by atoms with Gasteiger partial charge in [0.2, 0.25) is 5.91 Å². The maximum absolute atomic E-state index is 11.8. The van der Waals surface area contributed by atoms with Gasteiger partial charge in [-0.25, -0.2) is 0 Å². The number of carbonyl (C=O) groups is 1. The van der Waals surface area contributed by atoms with Gasteiger partial charge < -0.3 is 10.6 Å². The SMILES string of the molecule is CC(C)Nc1ccc(NC(=O)Cc2cccs2)nn1. The fraction of sp³-hybridized carbons (Fsp3) is 0.308. The Morgan fingerprint density at radius 2 is 2.00 bits per heavy atom. The Labute approximate surface area is 116 Å². The monoisotopic (exact) mass is 276 g/mol. The molecule has 0 aliphatic rings. The fourth-order valence-corrected chi connectivity index (χ4v) is 2.23. The smallest absolute Gasteiger partial charge is 0.230 e. The van der Waals surface area contributed by atoms with Crippen LogP contribution >= 0.6 is 11.3 Å². The summed E-state index contributed by atoms with van der Waals surface area (Å²) in [5.74, 6) is 1.09. The van der Waals surface area contributed by atoms with E-state index < -0.39 is 0 Å². The second kappa shape index (κ2) is 6.29. The zero-order chi connectivity index (χ0) is 13.7. The molecule has 0 aromatic carbocycles. The van der Waals surface area contributed by atoms with E-state index in [0.717, 1.165) is 4.88 Å². The van der Waals surface area contributed by atoms with Crippen LogP contribution in [0.25, 0.3) is 0 Å². The van der Waals surface area contributed by atoms with Crippen LogP contribution < -0.4 is 10.6 Å². The highest BCUT2D eigenvalue weighted by atomic mass is 32.1. The predicted molar refractivity (Wildman–Crippen MR) is 77.4 cm³/mol. The van der Waals surface area contributed by atoms with Crippen molar-refractivity contribution in [1.82, 2.24) is 10.2 Å². The molecule has 19 heavy (non-hydrogen) atoms. The summed E-state index contributed by atoms with van der Waals surface area (Å²) < 4.78 is 0. The quantitative estimate of drug-likeness (QED) is 0.880. The number of nitrogens with one attached hydrogen (secondary N) is 2. The molecule has 0 radical (unpaired) electrons. The van der Waals surface area contributed by atoms with E-state index in [1.54, 1.807) is 23.5 Å². The van der Waals surface area contributed by atoms with Gasteiger partial charge in [-0.15, -0.1) is 21.5 Å². The number of rotatable bonds is 5. The highest BCUT2D eigenvalue weighted by Gasteiger charge is 2.06. The van der Waals surface area contributed by atoms with Crippen LogP contribution in [0.3, 0.4) is 0 Å². The van der Waals surface area contributed by atoms with Crippen molar-refractivity contribution >= 4 is 28.9 Å². The van der Waals surface area contributed by atoms with Crippen LogP contribution in [0.15, 0.2) is 29.6 Å². The van der Waals surface area contributed by atoms with Crippen LogP contribution in [0.5, 0.6) is 0 Å². The third-order valence-electron chi connectivity index (χ3n) is 2.28. The molecule has 0 bridgehead atoms. The molecule has 1 amide bonds. The molecule has 5 nitrogen and oxygen atoms in total. The Kier molecular flexibility index (Phi) is 4.46. The molecular formula is C13H16N4OS. The standard InChI is InChI=1S/C13H16N4OS/c1-9(2)14-11-5-6-12(17-16-11)15-13(18)8-10-4-3-7-19-10/h3-7,9H,8H2,1-2H3,(H,14,16)(H,15,17,18). The average Bonchev–Trinajstić information content (AvgIpc) is 2.83. The summed E-state index contributed by atoms with van der Waals surface area (Å²) in [5, 5.41) is 15.8. The first kappa shape index (κ1) is 13.5. The number of carbonyl (C=O) groups excluding carboxylic acids is 1. The van der Waals surface area contributed by atoms with Gasteiger partial charge in [0.25, 0.3) is 0 Å². The van der Waals surface area contributed by atoms with Crippen LogP contribution in [0.4, 0.5) is 11.6 Å². The Morgan fingerprint density at radius 3 is 2.58 bits per heavy atom. The molecule has 0 fully saturated rings. The van der Waals surface area contributed by atoms with Crippen LogP contribution in [0, 0.1) is 0 Å². The molecule has 0 atom stereocenters. The van der Waals surface area contributed by atoms with E-state index >= 15 is 0 Å². The van der Waals surface area contributed by atoms with Gasteiger partial charge in [-0.05, 0) is 37.4 Å². The first-order valence-corrected chi connectivity index (χ1v) is 6.94. The van der Waals surface area contributed by atoms with Gasteiger partial charge in [-0.2, -0.15) is 0 Å². The maximum atomic E-state index is 11.8. The van der Waals surface area contributed by atoms with Crippen LogP contribution in [-0.2, 0) is 11.2 Å². The van der Waals surface area contributed by atoms with Crippen molar-refractivity contribution in [3.63, 3.8) is 0 Å². The molecule has 2 rings (SSSR count). The minimum absolute atomic E-state index is 0.0821. The fourth-order valence-electron chi connectivity index (χ4n) is 1.53. The van der Waals surface area contributed by atoms with Gasteiger partial charge in [-0.1, -0.05) is 6.07 Å². The number of hydrogen-bond donors (Lipinski definition) is 2. The second-order valence-corrected chi connectivity index (χ2v) is 5.44. The van der Waals surface area contributed by atoms with E-state index in [0.29, 0.717) is 24.1 Å². The Balaban J connectivity index is 1.90. The molecule has 0 aliphatic heterocycles. The topological polar surface area (TPSA) is 66.9 Å². The van der Waals surface area contributed by atoms with Crippen LogP contribution in [0.2, 0.25) is 0 Å². The van der Waals surface area contributed by atoms with Crippen molar-refractivity contribution in [3.05, 3.63) is 34.5 Å². The van der Waals surface area contributed by atoms with Gasteiger partial charge in [0.15, 0.2) is 5.82 Å². The molecule has 100 valence electrons. The van der Waals surface area contributed by atoms with E-state index in [1.165, 1.54) is 0 Å². The molecule has 2 aromatic rings. The van der Waals surface area contributed by atoms with Crippen molar-refractivity contribution in [2.75, 3.05) is 10.6 Å². The normalized spacial score (nSPS) is 10.5. The first-order valence-electron chi connectivity index (χ1n) is 6.06. The predicted octanol–water partition coefficient (Wildman–Crippen LogP) is 2.54. The largest absolute Gasteiger partial charge is 0.366 e. The number of aromatic nitrogens is 2. The zero-order valence-electron chi connectivity index (χ0n) is 10.9. The maximum Gasteiger partial charge on any atom is 0.230 e. The van der Waals surface area contributed by atoms with Crippen LogP contribution in [-0.4, -0.2) is 22.1 Å². The Bertz CT molecular complexity index is 522. The summed E-state index contributed by atoms with van der Waals surface area (Å²) in [4.78, 5) is 12.8. The minimum Gasteiger partial charge on any atom is -0.366 e. The summed E-state index contributed by atoms with van der Waals surface area (Å²) in [6, 6.07) is 7.71. The summed E-state index contributed by atoms with van der Waals surface area (Å²) in [6.45, 7) is 4.05. The lowest BCUT2D eigenvalue weighted by Crippen LogP contribution is -2.16. The second-order valence-electron chi connectivity index (χ2n) is 4.41. The van der Waals surface area contributed by atoms with Gasteiger partial charge >= 0.3 is 0 Å². The third-order valence-corrected chi connectivity index (χ3v) is 3.16. The highest BCUT2D eigenvalue weighted by Crippen LogP contribution is 2.11. The Hall–Kier alpha value is -1.95. The average molecular weight is 276 g/mol. The molecule has 0 spiro atoms. The van der Waals surface area contributed by atoms with Gasteiger partial charge in [0.05, 0.1) is 6.42 Å². The van der Waals surface area contributed by atoms with Crippen molar-refractivity contribution in [2.24, 2.45) is 0 Å². The molecule has 0 saturated carbocycles. The lowest BCUT2D eigenvalue weighted by molar-refractivity contribution is -0.115. The summed E-state index contributed by atoms with van der Waals surface area (Å²) in [7, 11) is 0. The minimum atomic E-state index is -0.0821. The molecule has 0 aliphatic carbocycles. The lowest BCUT2D eigenvalue weighted by Gasteiger charge is -2.08. The Morgan fingerprint density at radius 1 is 1.26 bits per heavy atom. The van der Waals surface area contributed by atoms with E-state index in [2.05, 4.69) is 20.8 Å². The first-order chi connectivity index (χ1) is 9.13. The number of amides is 1. The van der Waals surface area contributed by atoms with E-state index in [1.807, 2.05) is 31.4 Å². The molecule has 6 heteroatoms. The van der Waals surface area contributed by atoms with Crippen molar-refractivity contribution in [2.45, 2.75) is 26.3 Å². The number of anilines is 2. The molecule has 2 aromatic heterocycles. The van der Waals surface area contributed by atoms with E-state index in [9.17, 15) is 4.79 Å². The summed E-state index contributed by atoms with van der Waals surface area (Å²) >= 11 is 1.56. The molecular weight excluding hydrogens is 260 g/mol. The van der Waals surface area contributed by atoms with E-state index in [-0.39, 0.29) is 5.91 Å². The van der Waals surface area contributed by atoms with E-state index in [4.69, 9.17) is 0 Å². The van der Waals surface area contributed by atoms with Gasteiger partial charge in [-0.3, -0.25) is 4.79 Å². The van der Waals surface area contributed by atoms with Crippen LogP contribution in [0.1, 0.15) is 18.7 Å².